The lowest BCUT2D eigenvalue weighted by molar-refractivity contribution is 0.104. The van der Waals surface area contributed by atoms with Crippen molar-refractivity contribution in [3.63, 3.8) is 0 Å². The lowest BCUT2D eigenvalue weighted by Crippen LogP contribution is -2.36. The Morgan fingerprint density at radius 2 is 2.00 bits per heavy atom. The van der Waals surface area contributed by atoms with E-state index in [1.807, 2.05) is 24.3 Å². The normalized spacial score (nSPS) is 17.0. The number of rotatable bonds is 3. The highest BCUT2D eigenvalue weighted by Crippen LogP contribution is 2.29. The molecule has 2 aliphatic rings. The second-order valence-electron chi connectivity index (χ2n) is 5.65. The molecule has 2 heterocycles. The van der Waals surface area contributed by atoms with Crippen molar-refractivity contribution in [2.45, 2.75) is 0 Å². The Hall–Kier alpha value is -3.08. The van der Waals surface area contributed by atoms with Gasteiger partial charge in [0.05, 0.1) is 19.3 Å². The molecule has 2 aromatic rings. The van der Waals surface area contributed by atoms with Crippen LogP contribution in [0.15, 0.2) is 65.4 Å². The van der Waals surface area contributed by atoms with Crippen LogP contribution >= 0.6 is 0 Å². The van der Waals surface area contributed by atoms with Crippen molar-refractivity contribution in [1.82, 2.24) is 4.90 Å². The third-order valence-corrected chi connectivity index (χ3v) is 4.20. The number of aliphatic imine (C=N–C) groups is 1. The molecule has 0 aliphatic carbocycles. The molecule has 4 rings (SSSR count). The Morgan fingerprint density at radius 3 is 2.79 bits per heavy atom. The lowest BCUT2D eigenvalue weighted by atomic mass is 10.1. The van der Waals surface area contributed by atoms with Gasteiger partial charge in [0.2, 0.25) is 0 Å². The number of carbonyl (C=O) groups excluding carboxylic acids is 1. The van der Waals surface area contributed by atoms with E-state index in [2.05, 4.69) is 15.2 Å². The van der Waals surface area contributed by atoms with E-state index in [0.717, 1.165) is 41.7 Å². The highest BCUT2D eigenvalue weighted by atomic mass is 16.5. The maximum absolute atomic E-state index is 12.6. The first-order valence-electron chi connectivity index (χ1n) is 7.85. The summed E-state index contributed by atoms with van der Waals surface area (Å²) in [4.78, 5) is 19.2. The van der Waals surface area contributed by atoms with Crippen molar-refractivity contribution in [1.29, 1.82) is 0 Å². The minimum atomic E-state index is -0.0502. The van der Waals surface area contributed by atoms with Gasteiger partial charge in [-0.25, -0.2) is 0 Å². The van der Waals surface area contributed by atoms with Gasteiger partial charge in [0.1, 0.15) is 17.4 Å². The number of para-hydroxylation sites is 1. The average Bonchev–Trinajstić information content (AvgIpc) is 3.12. The molecule has 24 heavy (non-hydrogen) atoms. The smallest absolute Gasteiger partial charge is 0.189 e. The van der Waals surface area contributed by atoms with E-state index in [1.165, 1.54) is 0 Å². The van der Waals surface area contributed by atoms with E-state index in [9.17, 15) is 4.79 Å². The first kappa shape index (κ1) is 14.5. The third kappa shape index (κ3) is 2.44. The molecule has 0 fully saturated rings. The second-order valence-corrected chi connectivity index (χ2v) is 5.65. The molecule has 120 valence electrons. The molecule has 5 nitrogen and oxygen atoms in total. The summed E-state index contributed by atoms with van der Waals surface area (Å²) in [5.41, 5.74) is 2.67. The molecule has 0 amide bonds. The maximum Gasteiger partial charge on any atom is 0.189 e. The fraction of sp³-hybridized carbons (Fsp3) is 0.158. The highest BCUT2D eigenvalue weighted by Gasteiger charge is 2.29. The van der Waals surface area contributed by atoms with Crippen LogP contribution in [0, 0.1) is 0 Å². The Bertz CT molecular complexity index is 853. The van der Waals surface area contributed by atoms with Gasteiger partial charge in [0, 0.05) is 23.7 Å². The Labute approximate surface area is 140 Å². The number of anilines is 1. The molecule has 0 atom stereocenters. The third-order valence-electron chi connectivity index (χ3n) is 4.20. The Morgan fingerprint density at radius 1 is 1.21 bits per heavy atom. The number of allylic oxidation sites excluding steroid dienone is 1. The van der Waals surface area contributed by atoms with E-state index in [0.29, 0.717) is 5.56 Å². The van der Waals surface area contributed by atoms with E-state index in [1.54, 1.807) is 37.5 Å². The van der Waals surface area contributed by atoms with Crippen molar-refractivity contribution in [2.75, 3.05) is 25.5 Å². The summed E-state index contributed by atoms with van der Waals surface area (Å²) in [6.45, 7) is 1.51. The van der Waals surface area contributed by atoms with E-state index < -0.39 is 0 Å². The van der Waals surface area contributed by atoms with Gasteiger partial charge in [0.25, 0.3) is 0 Å². The standard InChI is InChI=1S/C19H17N3O2/c1-24-14-8-6-13(7-9-14)17(23)12-18-21-16-5-3-2-4-15(16)19-20-10-11-22(18)19/h2-9,12,21H,10-11H2,1H3. The van der Waals surface area contributed by atoms with Gasteiger partial charge in [-0.1, -0.05) is 12.1 Å². The molecule has 0 saturated carbocycles. The molecule has 0 radical (unpaired) electrons. The number of hydrogen-bond acceptors (Lipinski definition) is 5. The molecule has 5 heteroatoms. The summed E-state index contributed by atoms with van der Waals surface area (Å²) in [6.07, 6.45) is 1.64. The van der Waals surface area contributed by atoms with Crippen LogP contribution in [-0.4, -0.2) is 36.7 Å². The van der Waals surface area contributed by atoms with Crippen molar-refractivity contribution < 1.29 is 9.53 Å². The largest absolute Gasteiger partial charge is 0.497 e. The topological polar surface area (TPSA) is 53.9 Å². The molecular weight excluding hydrogens is 302 g/mol. The molecule has 0 bridgehead atoms. The predicted octanol–water partition coefficient (Wildman–Crippen LogP) is 2.91. The summed E-state index contributed by atoms with van der Waals surface area (Å²) in [5, 5.41) is 3.35. The Kier molecular flexibility index (Phi) is 3.54. The number of ketones is 1. The maximum atomic E-state index is 12.6. The van der Waals surface area contributed by atoms with Crippen LogP contribution in [0.1, 0.15) is 15.9 Å². The number of carbonyl (C=O) groups is 1. The molecule has 1 N–H and O–H groups in total. The number of nitrogens with one attached hydrogen (secondary N) is 1. The monoisotopic (exact) mass is 319 g/mol. The molecular formula is C19H17N3O2. The van der Waals surface area contributed by atoms with Crippen molar-refractivity contribution in [3.8, 4) is 5.75 Å². The second kappa shape index (κ2) is 5.85. The number of nitrogens with zero attached hydrogens (tertiary/aromatic N) is 2. The lowest BCUT2D eigenvalue weighted by Gasteiger charge is -2.31. The van der Waals surface area contributed by atoms with Gasteiger partial charge in [-0.2, -0.15) is 0 Å². The molecule has 0 unspecified atom stereocenters. The zero-order chi connectivity index (χ0) is 16.5. The van der Waals surface area contributed by atoms with Gasteiger partial charge < -0.3 is 15.0 Å². The zero-order valence-electron chi connectivity index (χ0n) is 13.3. The Balaban J connectivity index is 1.67. The van der Waals surface area contributed by atoms with Crippen molar-refractivity contribution in [2.24, 2.45) is 4.99 Å². The number of fused-ring (bicyclic) bond motifs is 3. The summed E-state index contributed by atoms with van der Waals surface area (Å²) < 4.78 is 5.13. The zero-order valence-corrected chi connectivity index (χ0v) is 13.3. The number of benzene rings is 2. The van der Waals surface area contributed by atoms with Crippen LogP contribution in [0.4, 0.5) is 5.69 Å². The quantitative estimate of drug-likeness (QED) is 0.698. The average molecular weight is 319 g/mol. The van der Waals surface area contributed by atoms with Gasteiger partial charge in [-0.15, -0.1) is 0 Å². The van der Waals surface area contributed by atoms with E-state index in [4.69, 9.17) is 4.74 Å². The fourth-order valence-corrected chi connectivity index (χ4v) is 2.98. The molecule has 0 aromatic heterocycles. The van der Waals surface area contributed by atoms with Gasteiger partial charge in [0.15, 0.2) is 5.78 Å². The van der Waals surface area contributed by atoms with Crippen molar-refractivity contribution in [3.05, 3.63) is 71.6 Å². The van der Waals surface area contributed by atoms with Gasteiger partial charge >= 0.3 is 0 Å². The summed E-state index contributed by atoms with van der Waals surface area (Å²) >= 11 is 0. The van der Waals surface area contributed by atoms with E-state index >= 15 is 0 Å². The van der Waals surface area contributed by atoms with E-state index in [-0.39, 0.29) is 5.78 Å². The van der Waals surface area contributed by atoms with Crippen LogP contribution in [0.3, 0.4) is 0 Å². The van der Waals surface area contributed by atoms with Crippen LogP contribution in [-0.2, 0) is 0 Å². The van der Waals surface area contributed by atoms with Crippen molar-refractivity contribution >= 4 is 17.3 Å². The summed E-state index contributed by atoms with van der Waals surface area (Å²) in [5.74, 6) is 2.38. The predicted molar refractivity (Wildman–Crippen MR) is 93.6 cm³/mol. The first-order chi connectivity index (χ1) is 11.8. The molecule has 2 aromatic carbocycles. The first-order valence-corrected chi connectivity index (χ1v) is 7.85. The van der Waals surface area contributed by atoms with Crippen LogP contribution in [0.2, 0.25) is 0 Å². The van der Waals surface area contributed by atoms with Crippen LogP contribution in [0.25, 0.3) is 0 Å². The minimum Gasteiger partial charge on any atom is -0.497 e. The molecule has 0 saturated heterocycles. The van der Waals surface area contributed by atoms with Crippen LogP contribution in [0.5, 0.6) is 5.75 Å². The molecule has 0 spiro atoms. The molecule has 2 aliphatic heterocycles. The SMILES string of the molecule is COc1ccc(C(=O)C=C2Nc3ccccc3C3=NCCN23)cc1. The van der Waals surface area contributed by atoms with Gasteiger partial charge in [-0.05, 0) is 36.4 Å². The number of methoxy groups -OCH3 is 1. The van der Waals surface area contributed by atoms with Gasteiger partial charge in [-0.3, -0.25) is 9.79 Å². The minimum absolute atomic E-state index is 0.0502. The number of hydrogen-bond donors (Lipinski definition) is 1. The highest BCUT2D eigenvalue weighted by molar-refractivity contribution is 6.10. The number of amidine groups is 1. The summed E-state index contributed by atoms with van der Waals surface area (Å²) in [6, 6.07) is 15.1. The number of ether oxygens (including phenoxy) is 1. The van der Waals surface area contributed by atoms with Crippen LogP contribution < -0.4 is 10.1 Å². The summed E-state index contributed by atoms with van der Waals surface area (Å²) in [7, 11) is 1.61. The fourth-order valence-electron chi connectivity index (χ4n) is 2.98.